The van der Waals surface area contributed by atoms with E-state index in [1.54, 1.807) is 0 Å². The number of hydrogen-bond donors (Lipinski definition) is 2. The van der Waals surface area contributed by atoms with Crippen LogP contribution in [0.1, 0.15) is 22.5 Å². The summed E-state index contributed by atoms with van der Waals surface area (Å²) in [6, 6.07) is 17.7. The molecule has 3 rings (SSSR count). The van der Waals surface area contributed by atoms with Gasteiger partial charge in [0.15, 0.2) is 5.16 Å². The zero-order chi connectivity index (χ0) is 18.4. The quantitative estimate of drug-likeness (QED) is 0.594. The highest BCUT2D eigenvalue weighted by molar-refractivity contribution is 7.99. The van der Waals surface area contributed by atoms with Gasteiger partial charge in [0.05, 0.1) is 11.4 Å². The molecule has 4 nitrogen and oxygen atoms in total. The highest BCUT2D eigenvalue weighted by Gasteiger charge is 2.10. The minimum atomic E-state index is -0.0337. The van der Waals surface area contributed by atoms with E-state index in [1.807, 2.05) is 49.4 Å². The summed E-state index contributed by atoms with van der Waals surface area (Å²) in [6.07, 6.45) is 0.782. The highest BCUT2D eigenvalue weighted by atomic mass is 35.5. The van der Waals surface area contributed by atoms with Gasteiger partial charge in [-0.25, -0.2) is 4.98 Å². The number of benzene rings is 2. The molecule has 2 N–H and O–H groups in total. The standard InChI is InChI=1S/C20H20ClN3OS/c1-14-18(11-15-6-3-2-4-7-15)24-20(23-14)26-13-19(25)22-12-16-8-5-9-17(21)10-16/h2-10H,11-13H2,1H3,(H,22,25)(H,23,24). The molecule has 0 fully saturated rings. The Labute approximate surface area is 162 Å². The van der Waals surface area contributed by atoms with Gasteiger partial charge in [-0.15, -0.1) is 0 Å². The van der Waals surface area contributed by atoms with Crippen molar-refractivity contribution < 1.29 is 4.79 Å². The van der Waals surface area contributed by atoms with Crippen molar-refractivity contribution in [2.45, 2.75) is 25.0 Å². The van der Waals surface area contributed by atoms with Crippen LogP contribution in [-0.2, 0) is 17.8 Å². The highest BCUT2D eigenvalue weighted by Crippen LogP contribution is 2.19. The normalized spacial score (nSPS) is 10.7. The Morgan fingerprint density at radius 1 is 1.15 bits per heavy atom. The van der Waals surface area contributed by atoms with Crippen LogP contribution >= 0.6 is 23.4 Å². The lowest BCUT2D eigenvalue weighted by molar-refractivity contribution is -0.118. The Morgan fingerprint density at radius 2 is 1.92 bits per heavy atom. The Morgan fingerprint density at radius 3 is 2.69 bits per heavy atom. The topological polar surface area (TPSA) is 57.8 Å². The molecule has 6 heteroatoms. The molecule has 0 bridgehead atoms. The van der Waals surface area contributed by atoms with Crippen molar-refractivity contribution in [1.29, 1.82) is 0 Å². The first-order valence-electron chi connectivity index (χ1n) is 8.33. The summed E-state index contributed by atoms with van der Waals surface area (Å²) >= 11 is 7.35. The number of H-pyrrole nitrogens is 1. The van der Waals surface area contributed by atoms with Crippen LogP contribution < -0.4 is 5.32 Å². The molecule has 0 unspecified atom stereocenters. The zero-order valence-electron chi connectivity index (χ0n) is 14.5. The summed E-state index contributed by atoms with van der Waals surface area (Å²) in [4.78, 5) is 19.9. The Kier molecular flexibility index (Phi) is 6.36. The molecule has 0 saturated carbocycles. The maximum Gasteiger partial charge on any atom is 0.230 e. The molecule has 0 aliphatic rings. The number of rotatable bonds is 7. The van der Waals surface area contributed by atoms with E-state index < -0.39 is 0 Å². The van der Waals surface area contributed by atoms with Gasteiger partial charge in [0.2, 0.25) is 5.91 Å². The number of amides is 1. The number of aromatic nitrogens is 2. The molecule has 2 aromatic carbocycles. The number of aromatic amines is 1. The predicted octanol–water partition coefficient (Wildman–Crippen LogP) is 4.37. The number of carbonyl (C=O) groups is 1. The van der Waals surface area contributed by atoms with E-state index >= 15 is 0 Å². The van der Waals surface area contributed by atoms with Gasteiger partial charge >= 0.3 is 0 Å². The second-order valence-corrected chi connectivity index (χ2v) is 7.37. The average Bonchev–Trinajstić information content (AvgIpc) is 2.99. The van der Waals surface area contributed by atoms with Crippen LogP contribution in [0.2, 0.25) is 5.02 Å². The third-order valence-corrected chi connectivity index (χ3v) is 5.01. The number of thioether (sulfide) groups is 1. The minimum absolute atomic E-state index is 0.0337. The van der Waals surface area contributed by atoms with Crippen molar-refractivity contribution in [3.05, 3.63) is 82.1 Å². The fourth-order valence-corrected chi connectivity index (χ4v) is 3.51. The maximum absolute atomic E-state index is 12.1. The molecule has 0 radical (unpaired) electrons. The van der Waals surface area contributed by atoms with Gasteiger partial charge in [-0.1, -0.05) is 65.8 Å². The Bertz CT molecular complexity index is 880. The van der Waals surface area contributed by atoms with E-state index in [-0.39, 0.29) is 5.91 Å². The molecule has 3 aromatic rings. The smallest absolute Gasteiger partial charge is 0.230 e. The van der Waals surface area contributed by atoms with Crippen molar-refractivity contribution in [2.75, 3.05) is 5.75 Å². The first-order chi connectivity index (χ1) is 12.6. The average molecular weight is 386 g/mol. The molecule has 0 aliphatic heterocycles. The lowest BCUT2D eigenvalue weighted by Crippen LogP contribution is -2.24. The molecular weight excluding hydrogens is 366 g/mol. The summed E-state index contributed by atoms with van der Waals surface area (Å²) in [7, 11) is 0. The molecule has 1 heterocycles. The van der Waals surface area contributed by atoms with Gasteiger partial charge in [-0.3, -0.25) is 4.79 Å². The number of nitrogens with zero attached hydrogens (tertiary/aromatic N) is 1. The lowest BCUT2D eigenvalue weighted by atomic mass is 10.1. The first-order valence-corrected chi connectivity index (χ1v) is 9.70. The second-order valence-electron chi connectivity index (χ2n) is 5.97. The SMILES string of the molecule is Cc1[nH]c(SCC(=O)NCc2cccc(Cl)c2)nc1Cc1ccccc1. The van der Waals surface area contributed by atoms with Crippen molar-refractivity contribution in [1.82, 2.24) is 15.3 Å². The van der Waals surface area contributed by atoms with Crippen molar-refractivity contribution in [3.63, 3.8) is 0 Å². The molecule has 134 valence electrons. The monoisotopic (exact) mass is 385 g/mol. The van der Waals surface area contributed by atoms with Crippen LogP contribution in [0.3, 0.4) is 0 Å². The number of carbonyl (C=O) groups excluding carboxylic acids is 1. The molecule has 1 amide bonds. The largest absolute Gasteiger partial charge is 0.351 e. The van der Waals surface area contributed by atoms with E-state index in [0.29, 0.717) is 17.3 Å². The van der Waals surface area contributed by atoms with Crippen molar-refractivity contribution in [3.8, 4) is 0 Å². The number of nitrogens with one attached hydrogen (secondary N) is 2. The summed E-state index contributed by atoms with van der Waals surface area (Å²) in [6.45, 7) is 2.48. The number of halogens is 1. The van der Waals surface area contributed by atoms with Gasteiger partial charge in [0.1, 0.15) is 0 Å². The van der Waals surface area contributed by atoms with Gasteiger partial charge < -0.3 is 10.3 Å². The second kappa shape index (κ2) is 8.92. The van der Waals surface area contributed by atoms with E-state index in [2.05, 4.69) is 27.4 Å². The molecular formula is C20H20ClN3OS. The summed E-state index contributed by atoms with van der Waals surface area (Å²) in [5.41, 5.74) is 4.25. The third-order valence-electron chi connectivity index (χ3n) is 3.90. The molecule has 0 spiro atoms. The first kappa shape index (κ1) is 18.5. The fourth-order valence-electron chi connectivity index (χ4n) is 2.53. The zero-order valence-corrected chi connectivity index (χ0v) is 16.0. The van der Waals surface area contributed by atoms with E-state index in [9.17, 15) is 4.79 Å². The number of aryl methyl sites for hydroxylation is 1. The van der Waals surface area contributed by atoms with Crippen LogP contribution in [0.5, 0.6) is 0 Å². The van der Waals surface area contributed by atoms with Gasteiger partial charge in [-0.05, 0) is 30.2 Å². The Balaban J connectivity index is 1.50. The van der Waals surface area contributed by atoms with Crippen LogP contribution in [0.4, 0.5) is 0 Å². The molecule has 0 aliphatic carbocycles. The van der Waals surface area contributed by atoms with Crippen molar-refractivity contribution in [2.24, 2.45) is 0 Å². The van der Waals surface area contributed by atoms with Crippen molar-refractivity contribution >= 4 is 29.3 Å². The van der Waals surface area contributed by atoms with Gasteiger partial charge in [0.25, 0.3) is 0 Å². The van der Waals surface area contributed by atoms with Crippen LogP contribution in [0, 0.1) is 6.92 Å². The predicted molar refractivity (Wildman–Crippen MR) is 107 cm³/mol. The molecule has 0 saturated heterocycles. The van der Waals surface area contributed by atoms with E-state index in [1.165, 1.54) is 17.3 Å². The van der Waals surface area contributed by atoms with Crippen LogP contribution in [-0.4, -0.2) is 21.6 Å². The van der Waals surface area contributed by atoms with Crippen LogP contribution in [0.15, 0.2) is 59.8 Å². The molecule has 26 heavy (non-hydrogen) atoms. The van der Waals surface area contributed by atoms with Gasteiger partial charge in [0, 0.05) is 23.7 Å². The number of imidazole rings is 1. The summed E-state index contributed by atoms with van der Waals surface area (Å²) < 4.78 is 0. The Hall–Kier alpha value is -2.24. The van der Waals surface area contributed by atoms with Gasteiger partial charge in [-0.2, -0.15) is 0 Å². The summed E-state index contributed by atoms with van der Waals surface area (Å²) in [5, 5.41) is 4.34. The fraction of sp³-hybridized carbons (Fsp3) is 0.200. The van der Waals surface area contributed by atoms with E-state index in [0.717, 1.165) is 28.5 Å². The maximum atomic E-state index is 12.1. The molecule has 1 aromatic heterocycles. The van der Waals surface area contributed by atoms with E-state index in [4.69, 9.17) is 11.6 Å². The number of hydrogen-bond acceptors (Lipinski definition) is 3. The lowest BCUT2D eigenvalue weighted by Gasteiger charge is -2.05. The minimum Gasteiger partial charge on any atom is -0.351 e. The molecule has 0 atom stereocenters. The van der Waals surface area contributed by atoms with Crippen LogP contribution in [0.25, 0.3) is 0 Å². The third kappa shape index (κ3) is 5.38. The summed E-state index contributed by atoms with van der Waals surface area (Å²) in [5.74, 6) is 0.284.